The van der Waals surface area contributed by atoms with E-state index in [9.17, 15) is 9.50 Å². The highest BCUT2D eigenvalue weighted by Crippen LogP contribution is 2.36. The third kappa shape index (κ3) is 2.62. The minimum Gasteiger partial charge on any atom is -0.396 e. The molecule has 0 saturated carbocycles. The molecule has 1 aromatic heterocycles. The van der Waals surface area contributed by atoms with Crippen molar-refractivity contribution in [1.82, 2.24) is 4.98 Å². The van der Waals surface area contributed by atoms with Crippen molar-refractivity contribution < 1.29 is 9.50 Å². The second-order valence-corrected chi connectivity index (χ2v) is 5.20. The Morgan fingerprint density at radius 2 is 2.00 bits per heavy atom. The molecule has 106 valence electrons. The van der Waals surface area contributed by atoms with Gasteiger partial charge in [-0.25, -0.2) is 4.39 Å². The first-order chi connectivity index (χ1) is 10.2. The second kappa shape index (κ2) is 5.80. The van der Waals surface area contributed by atoms with Crippen molar-refractivity contribution in [2.75, 3.05) is 6.61 Å². The van der Waals surface area contributed by atoms with Crippen LogP contribution in [0.4, 0.5) is 4.39 Å². The number of pyridine rings is 1. The van der Waals surface area contributed by atoms with Gasteiger partial charge in [0.2, 0.25) is 0 Å². The smallest absolute Gasteiger partial charge is 0.123 e. The molecule has 1 N–H and O–H groups in total. The molecular weight excluding hydrogens is 289 g/mol. The summed E-state index contributed by atoms with van der Waals surface area (Å²) in [7, 11) is 0. The van der Waals surface area contributed by atoms with E-state index in [-0.39, 0.29) is 12.4 Å². The van der Waals surface area contributed by atoms with Gasteiger partial charge in [0, 0.05) is 34.8 Å². The van der Waals surface area contributed by atoms with E-state index >= 15 is 0 Å². The number of hydrogen-bond donors (Lipinski definition) is 1. The molecule has 4 heteroatoms. The number of nitrogens with zero attached hydrogens (tertiary/aromatic N) is 1. The van der Waals surface area contributed by atoms with Crippen LogP contribution in [0.15, 0.2) is 48.8 Å². The van der Waals surface area contributed by atoms with Crippen LogP contribution < -0.4 is 0 Å². The van der Waals surface area contributed by atoms with Crippen molar-refractivity contribution in [1.29, 1.82) is 0 Å². The molecule has 21 heavy (non-hydrogen) atoms. The van der Waals surface area contributed by atoms with Crippen molar-refractivity contribution >= 4 is 22.4 Å². The molecule has 0 aliphatic heterocycles. The summed E-state index contributed by atoms with van der Waals surface area (Å²) in [5, 5.41) is 11.6. The lowest BCUT2D eigenvalue weighted by atomic mass is 9.93. The van der Waals surface area contributed by atoms with Gasteiger partial charge in [0.15, 0.2) is 0 Å². The SMILES string of the molecule is OCCc1cc(Cl)c2ccncc2c1-c1cccc(F)c1. The van der Waals surface area contributed by atoms with Gasteiger partial charge >= 0.3 is 0 Å². The highest BCUT2D eigenvalue weighted by atomic mass is 35.5. The topological polar surface area (TPSA) is 33.1 Å². The van der Waals surface area contributed by atoms with Gasteiger partial charge in [0.25, 0.3) is 0 Å². The van der Waals surface area contributed by atoms with E-state index in [2.05, 4.69) is 4.98 Å². The van der Waals surface area contributed by atoms with Crippen LogP contribution >= 0.6 is 11.6 Å². The molecule has 0 spiro atoms. The Balaban J connectivity index is 2.37. The first kappa shape index (κ1) is 14.0. The van der Waals surface area contributed by atoms with Gasteiger partial charge in [-0.05, 0) is 47.4 Å². The Morgan fingerprint density at radius 1 is 1.14 bits per heavy atom. The number of aliphatic hydroxyl groups excluding tert-OH is 1. The van der Waals surface area contributed by atoms with Crippen LogP contribution in [0.25, 0.3) is 21.9 Å². The zero-order valence-electron chi connectivity index (χ0n) is 11.2. The van der Waals surface area contributed by atoms with Gasteiger partial charge < -0.3 is 5.11 Å². The zero-order chi connectivity index (χ0) is 14.8. The number of hydrogen-bond acceptors (Lipinski definition) is 2. The van der Waals surface area contributed by atoms with Gasteiger partial charge in [-0.3, -0.25) is 4.98 Å². The largest absolute Gasteiger partial charge is 0.396 e. The molecule has 0 unspecified atom stereocenters. The van der Waals surface area contributed by atoms with E-state index in [1.165, 1.54) is 12.1 Å². The normalized spacial score (nSPS) is 11.0. The van der Waals surface area contributed by atoms with Crippen LogP contribution in [0.5, 0.6) is 0 Å². The molecule has 0 aliphatic rings. The molecule has 0 amide bonds. The molecule has 3 rings (SSSR count). The Kier molecular flexibility index (Phi) is 3.86. The minimum atomic E-state index is -0.297. The first-order valence-electron chi connectivity index (χ1n) is 6.62. The standard InChI is InChI=1S/C17H13ClFNO/c18-16-9-12(5-7-21)17(11-2-1-3-13(19)8-11)15-10-20-6-4-14(15)16/h1-4,6,8-10,21H,5,7H2. The first-order valence-corrected chi connectivity index (χ1v) is 7.00. The van der Waals surface area contributed by atoms with Crippen molar-refractivity contribution in [3.63, 3.8) is 0 Å². The van der Waals surface area contributed by atoms with Crippen LogP contribution in [0.1, 0.15) is 5.56 Å². The van der Waals surface area contributed by atoms with Gasteiger partial charge in [-0.1, -0.05) is 23.7 Å². The third-order valence-corrected chi connectivity index (χ3v) is 3.78. The fourth-order valence-corrected chi connectivity index (χ4v) is 2.88. The molecule has 2 nitrogen and oxygen atoms in total. The maximum Gasteiger partial charge on any atom is 0.123 e. The van der Waals surface area contributed by atoms with Crippen LogP contribution in [-0.2, 0) is 6.42 Å². The third-order valence-electron chi connectivity index (χ3n) is 3.46. The van der Waals surface area contributed by atoms with E-state index < -0.39 is 0 Å². The van der Waals surface area contributed by atoms with Crippen LogP contribution in [-0.4, -0.2) is 16.7 Å². The van der Waals surface area contributed by atoms with E-state index in [0.29, 0.717) is 11.4 Å². The van der Waals surface area contributed by atoms with Crippen molar-refractivity contribution in [3.8, 4) is 11.1 Å². The lowest BCUT2D eigenvalue weighted by Crippen LogP contribution is -1.97. The van der Waals surface area contributed by atoms with Gasteiger partial charge in [-0.2, -0.15) is 0 Å². The summed E-state index contributed by atoms with van der Waals surface area (Å²) in [4.78, 5) is 4.15. The lowest BCUT2D eigenvalue weighted by molar-refractivity contribution is 0.300. The summed E-state index contributed by atoms with van der Waals surface area (Å²) in [6.45, 7) is 0.00438. The molecule has 1 heterocycles. The fourth-order valence-electron chi connectivity index (χ4n) is 2.58. The number of aliphatic hydroxyl groups is 1. The molecule has 0 bridgehead atoms. The average Bonchev–Trinajstić information content (AvgIpc) is 2.48. The lowest BCUT2D eigenvalue weighted by Gasteiger charge is -2.14. The highest BCUT2D eigenvalue weighted by molar-refractivity contribution is 6.36. The maximum absolute atomic E-state index is 13.6. The van der Waals surface area contributed by atoms with E-state index in [1.54, 1.807) is 18.5 Å². The number of fused-ring (bicyclic) bond motifs is 1. The maximum atomic E-state index is 13.6. The summed E-state index contributed by atoms with van der Waals surface area (Å²) < 4.78 is 13.6. The minimum absolute atomic E-state index is 0.00438. The van der Waals surface area contributed by atoms with Crippen LogP contribution in [0.2, 0.25) is 5.02 Å². The molecule has 3 aromatic rings. The van der Waals surface area contributed by atoms with Crippen molar-refractivity contribution in [2.24, 2.45) is 0 Å². The molecular formula is C17H13ClFNO. The second-order valence-electron chi connectivity index (χ2n) is 4.80. The van der Waals surface area contributed by atoms with Crippen molar-refractivity contribution in [2.45, 2.75) is 6.42 Å². The molecule has 0 radical (unpaired) electrons. The average molecular weight is 302 g/mol. The van der Waals surface area contributed by atoms with Gasteiger partial charge in [0.1, 0.15) is 5.82 Å². The Bertz CT molecular complexity index is 804. The Morgan fingerprint density at radius 3 is 2.76 bits per heavy atom. The predicted molar refractivity (Wildman–Crippen MR) is 82.9 cm³/mol. The van der Waals surface area contributed by atoms with Gasteiger partial charge in [-0.15, -0.1) is 0 Å². The zero-order valence-corrected chi connectivity index (χ0v) is 11.9. The predicted octanol–water partition coefficient (Wildman–Crippen LogP) is 4.23. The molecule has 0 atom stereocenters. The summed E-state index contributed by atoms with van der Waals surface area (Å²) in [5.41, 5.74) is 2.51. The summed E-state index contributed by atoms with van der Waals surface area (Å²) >= 11 is 6.31. The van der Waals surface area contributed by atoms with E-state index in [4.69, 9.17) is 11.6 Å². The highest BCUT2D eigenvalue weighted by Gasteiger charge is 2.13. The summed E-state index contributed by atoms with van der Waals surface area (Å²) in [6, 6.07) is 10.1. The van der Waals surface area contributed by atoms with E-state index in [0.717, 1.165) is 27.5 Å². The van der Waals surface area contributed by atoms with Crippen LogP contribution in [0.3, 0.4) is 0 Å². The summed E-state index contributed by atoms with van der Waals surface area (Å²) in [5.74, 6) is -0.297. The fraction of sp³-hybridized carbons (Fsp3) is 0.118. The molecule has 2 aromatic carbocycles. The molecule has 0 saturated heterocycles. The number of aromatic nitrogens is 1. The summed E-state index contributed by atoms with van der Waals surface area (Å²) in [6.07, 6.45) is 3.86. The number of benzene rings is 2. The quantitative estimate of drug-likeness (QED) is 0.785. The Labute approximate surface area is 126 Å². The Hall–Kier alpha value is -1.97. The van der Waals surface area contributed by atoms with Crippen molar-refractivity contribution in [3.05, 3.63) is 65.2 Å². The molecule has 0 aliphatic carbocycles. The monoisotopic (exact) mass is 301 g/mol. The van der Waals surface area contributed by atoms with E-state index in [1.807, 2.05) is 18.2 Å². The molecule has 0 fully saturated rings. The van der Waals surface area contributed by atoms with Crippen LogP contribution in [0, 0.1) is 5.82 Å². The number of rotatable bonds is 3. The number of halogens is 2. The van der Waals surface area contributed by atoms with Gasteiger partial charge in [0.05, 0.1) is 0 Å².